The number of nitro benzene ring substituents is 1. The molecule has 0 radical (unpaired) electrons. The first-order valence-electron chi connectivity index (χ1n) is 15.3. The maximum atomic E-state index is 12.0. The molecule has 0 bridgehead atoms. The summed E-state index contributed by atoms with van der Waals surface area (Å²) in [5.41, 5.74) is 4.36. The molecule has 3 heterocycles. The molecule has 13 nitrogen and oxygen atoms in total. The Bertz CT molecular complexity index is 1720. The maximum absolute atomic E-state index is 12.0. The van der Waals surface area contributed by atoms with E-state index in [2.05, 4.69) is 58.1 Å². The molecule has 3 aromatic rings. The standard InChI is InChI=1S/C32H39N7O6S/c1-31(2)27(22-4-6-23(7-5-22)30(40)41)8-10-32(3)21-37(11-9-28(31)32)25-18-24(19-26(20-25)39(42)43)29-33-35-38(34-29)13-12-36-14-16-46(44,45)17-15-36/h4-9,18-20,44-45H,10-17,21H2,1-3H3,(H,40,41)/t32-/m1/s1. The van der Waals surface area contributed by atoms with Gasteiger partial charge in [-0.15, -0.1) is 10.2 Å². The van der Waals surface area contributed by atoms with Gasteiger partial charge < -0.3 is 10.0 Å². The molecule has 0 saturated carbocycles. The van der Waals surface area contributed by atoms with Crippen LogP contribution in [0.2, 0.25) is 0 Å². The van der Waals surface area contributed by atoms with Crippen molar-refractivity contribution in [1.29, 1.82) is 0 Å². The van der Waals surface area contributed by atoms with Crippen molar-refractivity contribution < 1.29 is 23.9 Å². The number of aromatic carboxylic acids is 1. The predicted octanol–water partition coefficient (Wildman–Crippen LogP) is 5.28. The molecule has 1 aliphatic carbocycles. The highest BCUT2D eigenvalue weighted by atomic mass is 32.3. The number of nitrogens with zero attached hydrogens (tertiary/aromatic N) is 7. The topological polar surface area (TPSA) is 171 Å². The lowest BCUT2D eigenvalue weighted by Gasteiger charge is -2.51. The van der Waals surface area contributed by atoms with Crippen LogP contribution < -0.4 is 4.90 Å². The number of hydrogen-bond donors (Lipinski definition) is 3. The maximum Gasteiger partial charge on any atom is 0.335 e. The van der Waals surface area contributed by atoms with E-state index in [0.717, 1.165) is 17.6 Å². The Morgan fingerprint density at radius 1 is 1.02 bits per heavy atom. The monoisotopic (exact) mass is 649 g/mol. The lowest BCUT2D eigenvalue weighted by atomic mass is 9.58. The van der Waals surface area contributed by atoms with Gasteiger partial charge in [0.2, 0.25) is 5.82 Å². The fraction of sp³-hybridized carbons (Fsp3) is 0.438. The highest BCUT2D eigenvalue weighted by molar-refractivity contribution is 8.24. The van der Waals surface area contributed by atoms with E-state index >= 15 is 0 Å². The van der Waals surface area contributed by atoms with Crippen LogP contribution in [0.5, 0.6) is 0 Å². The summed E-state index contributed by atoms with van der Waals surface area (Å²) < 4.78 is 19.7. The Morgan fingerprint density at radius 3 is 2.41 bits per heavy atom. The van der Waals surface area contributed by atoms with Gasteiger partial charge in [-0.05, 0) is 41.0 Å². The number of benzene rings is 2. The van der Waals surface area contributed by atoms with Gasteiger partial charge in [0.15, 0.2) is 0 Å². The van der Waals surface area contributed by atoms with Gasteiger partial charge in [-0.25, -0.2) is 4.79 Å². The van der Waals surface area contributed by atoms with E-state index in [-0.39, 0.29) is 22.1 Å². The van der Waals surface area contributed by atoms with Crippen molar-refractivity contribution in [3.8, 4) is 11.4 Å². The molecule has 0 amide bonds. The van der Waals surface area contributed by atoms with Crippen LogP contribution >= 0.6 is 10.6 Å². The molecule has 1 saturated heterocycles. The quantitative estimate of drug-likeness (QED) is 0.165. The molecular weight excluding hydrogens is 610 g/mol. The number of tetrazole rings is 1. The molecular formula is C32H39N7O6S. The van der Waals surface area contributed by atoms with Crippen molar-refractivity contribution in [3.05, 3.63) is 81.4 Å². The van der Waals surface area contributed by atoms with Crippen molar-refractivity contribution in [1.82, 2.24) is 25.1 Å². The van der Waals surface area contributed by atoms with Crippen LogP contribution in [0.1, 0.15) is 43.1 Å². The number of allylic oxidation sites excluding steroid dienone is 2. The SMILES string of the molecule is CC1(C)C(c2ccc(C(=O)O)cc2)=CC[C@]2(C)CN(c3cc(-c4nnn(CCN5CCS(O)(O)CC5)n4)cc([N+](=O)[O-])c3)CC=C12. The van der Waals surface area contributed by atoms with Gasteiger partial charge in [0, 0.05) is 66.9 Å². The number of carboxylic acid groups (broad SMARTS) is 1. The number of carboxylic acids is 1. The third kappa shape index (κ3) is 6.30. The van der Waals surface area contributed by atoms with Crippen LogP contribution in [0.3, 0.4) is 0 Å². The smallest absolute Gasteiger partial charge is 0.335 e. The van der Waals surface area contributed by atoms with Crippen LogP contribution in [0, 0.1) is 20.9 Å². The minimum atomic E-state index is -2.46. The second kappa shape index (κ2) is 11.9. The van der Waals surface area contributed by atoms with Crippen molar-refractivity contribution >= 4 is 33.5 Å². The summed E-state index contributed by atoms with van der Waals surface area (Å²) in [6.07, 6.45) is 5.24. The van der Waals surface area contributed by atoms with E-state index in [1.807, 2.05) is 18.2 Å². The van der Waals surface area contributed by atoms with Crippen LogP contribution in [0.4, 0.5) is 11.4 Å². The number of hydrogen-bond acceptors (Lipinski definition) is 10. The Labute approximate surface area is 268 Å². The number of non-ortho nitro benzene ring substituents is 1. The summed E-state index contributed by atoms with van der Waals surface area (Å²) in [6.45, 7) is 10.1. The van der Waals surface area contributed by atoms with Crippen LogP contribution in [0.25, 0.3) is 17.0 Å². The lowest BCUT2D eigenvalue weighted by Crippen LogP contribution is -2.47. The van der Waals surface area contributed by atoms with E-state index in [1.165, 1.54) is 16.4 Å². The molecule has 6 rings (SSSR count). The first-order valence-corrected chi connectivity index (χ1v) is 17.2. The first kappa shape index (κ1) is 31.9. The molecule has 3 N–H and O–H groups in total. The second-order valence-electron chi connectivity index (χ2n) is 13.1. The van der Waals surface area contributed by atoms with E-state index in [1.54, 1.807) is 18.2 Å². The predicted molar refractivity (Wildman–Crippen MR) is 177 cm³/mol. The molecule has 1 atom stereocenters. The normalized spacial score (nSPS) is 23.2. The van der Waals surface area contributed by atoms with Crippen molar-refractivity contribution in [3.63, 3.8) is 0 Å². The van der Waals surface area contributed by atoms with Gasteiger partial charge in [0.25, 0.3) is 5.69 Å². The number of anilines is 1. The highest BCUT2D eigenvalue weighted by Gasteiger charge is 2.46. The summed E-state index contributed by atoms with van der Waals surface area (Å²) in [7, 11) is -2.46. The van der Waals surface area contributed by atoms with E-state index in [0.29, 0.717) is 67.8 Å². The van der Waals surface area contributed by atoms with Gasteiger partial charge in [-0.2, -0.15) is 15.4 Å². The van der Waals surface area contributed by atoms with Gasteiger partial charge >= 0.3 is 5.97 Å². The Kier molecular flexibility index (Phi) is 8.25. The molecule has 244 valence electrons. The molecule has 2 aromatic carbocycles. The number of rotatable bonds is 8. The fourth-order valence-electron chi connectivity index (χ4n) is 7.08. The lowest BCUT2D eigenvalue weighted by molar-refractivity contribution is -0.384. The van der Waals surface area contributed by atoms with Gasteiger partial charge in [-0.3, -0.25) is 24.1 Å². The molecule has 1 fully saturated rings. The summed E-state index contributed by atoms with van der Waals surface area (Å²) in [4.78, 5) is 28.7. The Morgan fingerprint density at radius 2 is 1.74 bits per heavy atom. The molecule has 3 aliphatic rings. The van der Waals surface area contributed by atoms with Crippen LogP contribution in [0.15, 0.2) is 60.2 Å². The first-order chi connectivity index (χ1) is 21.7. The largest absolute Gasteiger partial charge is 0.478 e. The third-order valence-corrected chi connectivity index (χ3v) is 11.2. The molecule has 0 unspecified atom stereocenters. The van der Waals surface area contributed by atoms with Gasteiger partial charge in [-0.1, -0.05) is 50.6 Å². The van der Waals surface area contributed by atoms with E-state index in [4.69, 9.17) is 0 Å². The second-order valence-corrected chi connectivity index (χ2v) is 15.6. The molecule has 1 aromatic heterocycles. The average molecular weight is 650 g/mol. The number of aromatic nitrogens is 4. The van der Waals surface area contributed by atoms with Crippen LogP contribution in [-0.2, 0) is 6.54 Å². The van der Waals surface area contributed by atoms with E-state index < -0.39 is 21.5 Å². The Balaban J connectivity index is 1.21. The summed E-state index contributed by atoms with van der Waals surface area (Å²) in [5.74, 6) is 0.0812. The highest BCUT2D eigenvalue weighted by Crippen LogP contribution is 2.55. The zero-order valence-electron chi connectivity index (χ0n) is 26.2. The Hall–Kier alpha value is -4.11. The average Bonchev–Trinajstić information content (AvgIpc) is 3.49. The molecule has 2 aliphatic heterocycles. The number of carbonyl (C=O) groups is 1. The summed E-state index contributed by atoms with van der Waals surface area (Å²) in [6, 6.07) is 12.0. The molecule has 14 heteroatoms. The van der Waals surface area contributed by atoms with Crippen molar-refractivity contribution in [2.24, 2.45) is 10.8 Å². The zero-order valence-corrected chi connectivity index (χ0v) is 27.0. The summed E-state index contributed by atoms with van der Waals surface area (Å²) in [5, 5.41) is 34.2. The van der Waals surface area contributed by atoms with Gasteiger partial charge in [0.1, 0.15) is 0 Å². The molecule has 46 heavy (non-hydrogen) atoms. The van der Waals surface area contributed by atoms with Gasteiger partial charge in [0.05, 0.1) is 28.5 Å². The molecule has 0 spiro atoms. The minimum Gasteiger partial charge on any atom is -0.478 e. The van der Waals surface area contributed by atoms with Crippen molar-refractivity contribution in [2.75, 3.05) is 49.1 Å². The zero-order chi connectivity index (χ0) is 32.9. The van der Waals surface area contributed by atoms with Crippen molar-refractivity contribution in [2.45, 2.75) is 33.7 Å². The fourth-order valence-corrected chi connectivity index (χ4v) is 8.39. The van der Waals surface area contributed by atoms with Crippen LogP contribution in [-0.4, -0.2) is 94.4 Å². The number of fused-ring (bicyclic) bond motifs is 1. The third-order valence-electron chi connectivity index (χ3n) is 9.53. The van der Waals surface area contributed by atoms with E-state index in [9.17, 15) is 29.1 Å². The minimum absolute atomic E-state index is 0.0490. The summed E-state index contributed by atoms with van der Waals surface area (Å²) >= 11 is 0. The number of nitro groups is 1.